The first kappa shape index (κ1) is 14.1. The van der Waals surface area contributed by atoms with Gasteiger partial charge in [-0.2, -0.15) is 4.57 Å². The maximum atomic E-state index is 10.5. The number of nitrogens with zero attached hydrogens (tertiary/aromatic N) is 1. The highest BCUT2D eigenvalue weighted by atomic mass is 32.2. The van der Waals surface area contributed by atoms with Crippen LogP contribution in [0, 0.1) is 0 Å². The van der Waals surface area contributed by atoms with Crippen LogP contribution < -0.4 is 4.57 Å². The number of benzene rings is 1. The van der Waals surface area contributed by atoms with Gasteiger partial charge in [-0.15, -0.1) is 0 Å². The van der Waals surface area contributed by atoms with Gasteiger partial charge in [0.2, 0.25) is 11.0 Å². The van der Waals surface area contributed by atoms with E-state index < -0.39 is 10.1 Å². The van der Waals surface area contributed by atoms with E-state index in [0.29, 0.717) is 13.0 Å². The maximum absolute atomic E-state index is 10.5. The molecule has 4 nitrogen and oxygen atoms in total. The molecule has 1 aromatic carbocycles. The van der Waals surface area contributed by atoms with Gasteiger partial charge in [0.05, 0.1) is 10.1 Å². The first-order valence-corrected chi connectivity index (χ1v) is 7.31. The molecule has 0 fully saturated rings. The summed E-state index contributed by atoms with van der Waals surface area (Å²) in [6, 6.07) is 7.90. The fourth-order valence-electron chi connectivity index (χ4n) is 1.56. The van der Waals surface area contributed by atoms with E-state index in [1.54, 1.807) is 11.3 Å². The molecule has 0 N–H and O–H groups in total. The zero-order valence-electron chi connectivity index (χ0n) is 8.50. The number of hydrogen-bond donors (Lipinski definition) is 0. The van der Waals surface area contributed by atoms with Crippen LogP contribution in [0.4, 0.5) is 0 Å². The normalized spacial score (nSPS) is 11.4. The molecule has 1 heterocycles. The molecule has 0 saturated heterocycles. The van der Waals surface area contributed by atoms with Gasteiger partial charge in [0.1, 0.15) is 4.70 Å². The van der Waals surface area contributed by atoms with E-state index in [4.69, 9.17) is 0 Å². The van der Waals surface area contributed by atoms with Crippen molar-refractivity contribution < 1.29 is 17.5 Å². The Bertz CT molecular complexity index is 590. The average molecular weight is 273 g/mol. The lowest BCUT2D eigenvalue weighted by Crippen LogP contribution is -2.32. The van der Waals surface area contributed by atoms with Gasteiger partial charge in [-0.3, -0.25) is 0 Å². The molecule has 0 radical (unpaired) electrons. The van der Waals surface area contributed by atoms with Gasteiger partial charge < -0.3 is 4.55 Å². The Morgan fingerprint density at radius 2 is 2.00 bits per heavy atom. The summed E-state index contributed by atoms with van der Waals surface area (Å²) < 4.78 is 34.5. The molecule has 0 aliphatic heterocycles. The molecule has 2 aromatic rings. The lowest BCUT2D eigenvalue weighted by Gasteiger charge is -2.03. The Hall–Kier alpha value is -0.980. The fourth-order valence-corrected chi connectivity index (χ4v) is 2.96. The third kappa shape index (κ3) is 3.76. The third-order valence-electron chi connectivity index (χ3n) is 2.27. The first-order valence-electron chi connectivity index (χ1n) is 4.85. The third-order valence-corrected chi connectivity index (χ3v) is 4.02. The number of para-hydroxylation sites is 1. The summed E-state index contributed by atoms with van der Waals surface area (Å²) in [7, 11) is -4.09. The van der Waals surface area contributed by atoms with Crippen LogP contribution in [-0.4, -0.2) is 18.7 Å². The standard InChI is InChI=1S/C10H11NO3S2.CH4/c12-16(13,14)7-3-6-11-8-15-10-5-2-1-4-9(10)11;/h1-2,4-5,8H,3,6-7H2;1H4. The predicted octanol–water partition coefficient (Wildman–Crippen LogP) is 1.76. The van der Waals surface area contributed by atoms with Crippen molar-refractivity contribution in [1.29, 1.82) is 0 Å². The summed E-state index contributed by atoms with van der Waals surface area (Å²) in [5.41, 5.74) is 3.03. The smallest absolute Gasteiger partial charge is 0.225 e. The van der Waals surface area contributed by atoms with E-state index in [1.807, 2.05) is 34.3 Å². The van der Waals surface area contributed by atoms with Crippen LogP contribution in [0.2, 0.25) is 0 Å². The summed E-state index contributed by atoms with van der Waals surface area (Å²) in [4.78, 5) is 0. The summed E-state index contributed by atoms with van der Waals surface area (Å²) in [5, 5.41) is 0. The fraction of sp³-hybridized carbons (Fsp3) is 0.364. The largest absolute Gasteiger partial charge is 0.748 e. The maximum Gasteiger partial charge on any atom is 0.225 e. The van der Waals surface area contributed by atoms with Crippen LogP contribution in [0.15, 0.2) is 29.8 Å². The second-order valence-electron chi connectivity index (χ2n) is 3.50. The Morgan fingerprint density at radius 1 is 1.29 bits per heavy atom. The van der Waals surface area contributed by atoms with Crippen molar-refractivity contribution in [1.82, 2.24) is 0 Å². The van der Waals surface area contributed by atoms with Crippen LogP contribution >= 0.6 is 11.3 Å². The van der Waals surface area contributed by atoms with Gasteiger partial charge in [0.25, 0.3) is 0 Å². The van der Waals surface area contributed by atoms with Crippen molar-refractivity contribution in [3.8, 4) is 0 Å². The van der Waals surface area contributed by atoms with Crippen molar-refractivity contribution in [2.24, 2.45) is 0 Å². The van der Waals surface area contributed by atoms with E-state index in [2.05, 4.69) is 0 Å². The molecule has 94 valence electrons. The molecule has 0 aliphatic rings. The van der Waals surface area contributed by atoms with E-state index in [9.17, 15) is 13.0 Å². The number of aromatic nitrogens is 1. The first-order chi connectivity index (χ1) is 7.56. The molecule has 17 heavy (non-hydrogen) atoms. The van der Waals surface area contributed by atoms with Crippen LogP contribution in [0.1, 0.15) is 13.8 Å². The molecule has 2 rings (SSSR count). The van der Waals surface area contributed by atoms with E-state index in [1.165, 1.54) is 0 Å². The molecular weight excluding hydrogens is 258 g/mol. The Morgan fingerprint density at radius 3 is 2.71 bits per heavy atom. The van der Waals surface area contributed by atoms with Gasteiger partial charge in [0.15, 0.2) is 6.54 Å². The topological polar surface area (TPSA) is 61.1 Å². The molecule has 6 heteroatoms. The predicted molar refractivity (Wildman–Crippen MR) is 67.9 cm³/mol. The van der Waals surface area contributed by atoms with Crippen molar-refractivity contribution in [2.45, 2.75) is 20.4 Å². The minimum Gasteiger partial charge on any atom is -0.748 e. The molecule has 1 aromatic heterocycles. The van der Waals surface area contributed by atoms with E-state index in [-0.39, 0.29) is 13.2 Å². The van der Waals surface area contributed by atoms with Gasteiger partial charge in [-0.05, 0) is 6.07 Å². The van der Waals surface area contributed by atoms with Crippen LogP contribution in [0.25, 0.3) is 10.2 Å². The lowest BCUT2D eigenvalue weighted by molar-refractivity contribution is -0.667. The van der Waals surface area contributed by atoms with Gasteiger partial charge >= 0.3 is 0 Å². The Balaban J connectivity index is 0.00000144. The minimum atomic E-state index is -4.09. The highest BCUT2D eigenvalue weighted by Gasteiger charge is 2.10. The number of hydrogen-bond acceptors (Lipinski definition) is 4. The quantitative estimate of drug-likeness (QED) is 0.630. The summed E-state index contributed by atoms with van der Waals surface area (Å²) in [6.45, 7) is 0.561. The van der Waals surface area contributed by atoms with E-state index >= 15 is 0 Å². The van der Waals surface area contributed by atoms with Crippen molar-refractivity contribution in [3.05, 3.63) is 29.8 Å². The van der Waals surface area contributed by atoms with E-state index in [0.717, 1.165) is 10.2 Å². The molecule has 0 amide bonds. The molecule has 0 aliphatic carbocycles. The van der Waals surface area contributed by atoms with Crippen molar-refractivity contribution >= 4 is 31.7 Å². The number of thiazole rings is 1. The zero-order valence-corrected chi connectivity index (χ0v) is 10.1. The Labute approximate surface area is 105 Å². The second-order valence-corrected chi connectivity index (χ2v) is 5.91. The van der Waals surface area contributed by atoms with Crippen LogP contribution in [-0.2, 0) is 16.7 Å². The monoisotopic (exact) mass is 273 g/mol. The zero-order chi connectivity index (χ0) is 11.6. The Kier molecular flexibility index (Phi) is 4.62. The average Bonchev–Trinajstić information content (AvgIpc) is 2.60. The minimum absolute atomic E-state index is 0. The van der Waals surface area contributed by atoms with Gasteiger partial charge in [0, 0.05) is 18.2 Å². The van der Waals surface area contributed by atoms with Gasteiger partial charge in [-0.1, -0.05) is 30.9 Å². The molecule has 0 saturated carbocycles. The lowest BCUT2D eigenvalue weighted by atomic mass is 10.3. The SMILES string of the molecule is C.O=S(=O)([O-])CCC[n+]1csc2ccccc21. The number of aryl methyl sites for hydroxylation is 1. The van der Waals surface area contributed by atoms with Crippen molar-refractivity contribution in [3.63, 3.8) is 0 Å². The summed E-state index contributed by atoms with van der Waals surface area (Å²) in [5.74, 6) is -0.301. The molecular formula is C11H15NO3S2. The molecule has 0 bridgehead atoms. The molecule has 0 atom stereocenters. The van der Waals surface area contributed by atoms with Crippen molar-refractivity contribution in [2.75, 3.05) is 5.75 Å². The van der Waals surface area contributed by atoms with Gasteiger partial charge in [-0.25, -0.2) is 8.42 Å². The second kappa shape index (κ2) is 5.57. The highest BCUT2D eigenvalue weighted by Crippen LogP contribution is 2.14. The van der Waals surface area contributed by atoms with Crippen LogP contribution in [0.3, 0.4) is 0 Å². The highest BCUT2D eigenvalue weighted by molar-refractivity contribution is 7.85. The molecule has 0 unspecified atom stereocenters. The molecule has 0 spiro atoms. The number of fused-ring (bicyclic) bond motifs is 1. The summed E-state index contributed by atoms with van der Waals surface area (Å²) in [6.07, 6.45) is 0.358. The van der Waals surface area contributed by atoms with Crippen LogP contribution in [0.5, 0.6) is 0 Å². The summed E-state index contributed by atoms with van der Waals surface area (Å²) >= 11 is 1.61. The number of rotatable bonds is 4.